The van der Waals surface area contributed by atoms with Gasteiger partial charge in [0.05, 0.1) is 18.9 Å². The first-order chi connectivity index (χ1) is 9.27. The molecular weight excluding hydrogens is 242 g/mol. The van der Waals surface area contributed by atoms with E-state index in [-0.39, 0.29) is 5.91 Å². The highest BCUT2D eigenvalue weighted by Crippen LogP contribution is 2.25. The van der Waals surface area contributed by atoms with Gasteiger partial charge in [0.2, 0.25) is 0 Å². The molecule has 0 saturated heterocycles. The zero-order chi connectivity index (χ0) is 13.5. The fourth-order valence-corrected chi connectivity index (χ4v) is 2.41. The number of carbonyl (C=O) groups excluding carboxylic acids is 1. The minimum absolute atomic E-state index is 0.201. The molecule has 5 heteroatoms. The number of hydrogen-bond donors (Lipinski definition) is 1. The minimum atomic E-state index is -0.201. The number of ether oxygens (including phenoxy) is 1. The number of rotatable bonds is 5. The minimum Gasteiger partial charge on any atom is -0.376 e. The highest BCUT2D eigenvalue weighted by atomic mass is 16.5. The summed E-state index contributed by atoms with van der Waals surface area (Å²) < 4.78 is 5.83. The molecule has 1 fully saturated rings. The molecule has 0 radical (unpaired) electrons. The van der Waals surface area contributed by atoms with E-state index in [2.05, 4.69) is 22.2 Å². The van der Waals surface area contributed by atoms with E-state index in [0.717, 1.165) is 6.42 Å². The Kier molecular flexibility index (Phi) is 5.27. The lowest BCUT2D eigenvalue weighted by Crippen LogP contribution is -2.32. The summed E-state index contributed by atoms with van der Waals surface area (Å²) in [6.45, 7) is 3.31. The Morgan fingerprint density at radius 2 is 2.26 bits per heavy atom. The number of nitrogens with one attached hydrogen (secondary N) is 1. The monoisotopic (exact) mass is 263 g/mol. The Hall–Kier alpha value is -1.49. The first kappa shape index (κ1) is 13.9. The number of hydrogen-bond acceptors (Lipinski definition) is 4. The van der Waals surface area contributed by atoms with Gasteiger partial charge in [-0.3, -0.25) is 9.78 Å². The third kappa shape index (κ3) is 4.28. The van der Waals surface area contributed by atoms with Crippen molar-refractivity contribution in [2.24, 2.45) is 5.92 Å². The Morgan fingerprint density at radius 3 is 3.00 bits per heavy atom. The van der Waals surface area contributed by atoms with E-state index in [0.29, 0.717) is 30.9 Å². The largest absolute Gasteiger partial charge is 0.376 e. The first-order valence-electron chi connectivity index (χ1n) is 6.93. The topological polar surface area (TPSA) is 64.1 Å². The van der Waals surface area contributed by atoms with E-state index >= 15 is 0 Å². The van der Waals surface area contributed by atoms with Gasteiger partial charge in [0.25, 0.3) is 5.91 Å². The van der Waals surface area contributed by atoms with E-state index in [1.54, 1.807) is 6.20 Å². The molecule has 0 spiro atoms. The molecule has 1 aliphatic rings. The second-order valence-corrected chi connectivity index (χ2v) is 5.02. The van der Waals surface area contributed by atoms with Crippen molar-refractivity contribution in [3.63, 3.8) is 0 Å². The fourth-order valence-electron chi connectivity index (χ4n) is 2.41. The average molecular weight is 263 g/mol. The van der Waals surface area contributed by atoms with Gasteiger partial charge in [-0.05, 0) is 18.8 Å². The molecule has 1 aromatic heterocycles. The standard InChI is InChI=1S/C14H21N3O2/c1-11-4-2-3-5-13(11)19-9-8-17-14(18)12-10-15-6-7-16-12/h6-7,10-11,13H,2-5,8-9H2,1H3,(H,17,18)/t11-,13-/m1/s1. The van der Waals surface area contributed by atoms with Crippen molar-refractivity contribution >= 4 is 5.91 Å². The van der Waals surface area contributed by atoms with Crippen molar-refractivity contribution in [1.29, 1.82) is 0 Å². The summed E-state index contributed by atoms with van der Waals surface area (Å²) in [6.07, 6.45) is 9.81. The van der Waals surface area contributed by atoms with Gasteiger partial charge in [0, 0.05) is 18.9 Å². The summed E-state index contributed by atoms with van der Waals surface area (Å²) in [4.78, 5) is 19.5. The summed E-state index contributed by atoms with van der Waals surface area (Å²) in [7, 11) is 0. The van der Waals surface area contributed by atoms with E-state index in [4.69, 9.17) is 4.74 Å². The quantitative estimate of drug-likeness (QED) is 0.823. The number of amides is 1. The van der Waals surface area contributed by atoms with Crippen molar-refractivity contribution in [3.05, 3.63) is 24.3 Å². The molecule has 1 aliphatic carbocycles. The Balaban J connectivity index is 1.65. The zero-order valence-corrected chi connectivity index (χ0v) is 11.3. The van der Waals surface area contributed by atoms with E-state index < -0.39 is 0 Å². The molecule has 0 aliphatic heterocycles. The molecule has 5 nitrogen and oxygen atoms in total. The highest BCUT2D eigenvalue weighted by Gasteiger charge is 2.21. The van der Waals surface area contributed by atoms with Crippen LogP contribution < -0.4 is 5.32 Å². The van der Waals surface area contributed by atoms with Crippen LogP contribution in [-0.4, -0.2) is 35.1 Å². The van der Waals surface area contributed by atoms with Crippen LogP contribution >= 0.6 is 0 Å². The van der Waals surface area contributed by atoms with Crippen molar-refractivity contribution in [2.45, 2.75) is 38.7 Å². The predicted octanol–water partition coefficient (Wildman–Crippen LogP) is 1.80. The van der Waals surface area contributed by atoms with E-state index in [1.807, 2.05) is 0 Å². The first-order valence-corrected chi connectivity index (χ1v) is 6.93. The van der Waals surface area contributed by atoms with Gasteiger partial charge in [0.1, 0.15) is 5.69 Å². The highest BCUT2D eigenvalue weighted by molar-refractivity contribution is 5.91. The number of aromatic nitrogens is 2. The Morgan fingerprint density at radius 1 is 1.42 bits per heavy atom. The maximum absolute atomic E-state index is 11.7. The van der Waals surface area contributed by atoms with Crippen LogP contribution in [0, 0.1) is 5.92 Å². The summed E-state index contributed by atoms with van der Waals surface area (Å²) in [6, 6.07) is 0. The average Bonchev–Trinajstić information content (AvgIpc) is 2.46. The zero-order valence-electron chi connectivity index (χ0n) is 11.3. The van der Waals surface area contributed by atoms with Gasteiger partial charge in [-0.25, -0.2) is 4.98 Å². The molecule has 1 N–H and O–H groups in total. The molecule has 19 heavy (non-hydrogen) atoms. The summed E-state index contributed by atoms with van der Waals surface area (Å²) >= 11 is 0. The number of carbonyl (C=O) groups is 1. The maximum atomic E-state index is 11.7. The molecule has 2 atom stereocenters. The van der Waals surface area contributed by atoms with Crippen LogP contribution in [0.15, 0.2) is 18.6 Å². The smallest absolute Gasteiger partial charge is 0.271 e. The van der Waals surface area contributed by atoms with Crippen LogP contribution in [0.5, 0.6) is 0 Å². The summed E-state index contributed by atoms with van der Waals surface area (Å²) in [5.74, 6) is 0.429. The number of nitrogens with zero attached hydrogens (tertiary/aromatic N) is 2. The van der Waals surface area contributed by atoms with Gasteiger partial charge in [0.15, 0.2) is 0 Å². The molecule has 2 rings (SSSR count). The van der Waals surface area contributed by atoms with E-state index in [9.17, 15) is 4.79 Å². The van der Waals surface area contributed by atoms with Crippen LogP contribution in [0.3, 0.4) is 0 Å². The molecular formula is C14H21N3O2. The van der Waals surface area contributed by atoms with Crippen molar-refractivity contribution < 1.29 is 9.53 Å². The van der Waals surface area contributed by atoms with Crippen molar-refractivity contribution in [2.75, 3.05) is 13.2 Å². The van der Waals surface area contributed by atoms with Crippen molar-refractivity contribution in [3.8, 4) is 0 Å². The molecule has 0 unspecified atom stereocenters. The molecule has 0 bridgehead atoms. The van der Waals surface area contributed by atoms with Crippen LogP contribution in [0.4, 0.5) is 0 Å². The molecule has 104 valence electrons. The Bertz CT molecular complexity index is 397. The predicted molar refractivity (Wildman–Crippen MR) is 71.7 cm³/mol. The second kappa shape index (κ2) is 7.19. The van der Waals surface area contributed by atoms with Crippen LogP contribution in [0.25, 0.3) is 0 Å². The lowest BCUT2D eigenvalue weighted by molar-refractivity contribution is -0.00295. The van der Waals surface area contributed by atoms with Crippen molar-refractivity contribution in [1.82, 2.24) is 15.3 Å². The lowest BCUT2D eigenvalue weighted by atomic mass is 9.88. The van der Waals surface area contributed by atoms with Gasteiger partial charge in [-0.15, -0.1) is 0 Å². The van der Waals surface area contributed by atoms with E-state index in [1.165, 1.54) is 31.7 Å². The van der Waals surface area contributed by atoms with Gasteiger partial charge < -0.3 is 10.1 Å². The van der Waals surface area contributed by atoms with Gasteiger partial charge in [-0.2, -0.15) is 0 Å². The summed E-state index contributed by atoms with van der Waals surface area (Å²) in [5, 5.41) is 2.79. The second-order valence-electron chi connectivity index (χ2n) is 5.02. The molecule has 1 aromatic rings. The third-order valence-electron chi connectivity index (χ3n) is 3.55. The molecule has 1 heterocycles. The maximum Gasteiger partial charge on any atom is 0.271 e. The molecule has 1 saturated carbocycles. The molecule has 1 amide bonds. The lowest BCUT2D eigenvalue weighted by Gasteiger charge is -2.28. The van der Waals surface area contributed by atoms with Crippen LogP contribution in [-0.2, 0) is 4.74 Å². The summed E-state index contributed by atoms with van der Waals surface area (Å²) in [5.41, 5.74) is 0.341. The van der Waals surface area contributed by atoms with Gasteiger partial charge in [-0.1, -0.05) is 19.8 Å². The Labute approximate surface area is 113 Å². The molecule has 0 aromatic carbocycles. The fraction of sp³-hybridized carbons (Fsp3) is 0.643. The van der Waals surface area contributed by atoms with Gasteiger partial charge >= 0.3 is 0 Å². The van der Waals surface area contributed by atoms with Crippen LogP contribution in [0.2, 0.25) is 0 Å². The SMILES string of the molecule is C[C@@H]1CCCC[C@H]1OCCNC(=O)c1cnccn1. The third-order valence-corrected chi connectivity index (χ3v) is 3.55. The normalized spacial score (nSPS) is 23.0. The van der Waals surface area contributed by atoms with Crippen LogP contribution in [0.1, 0.15) is 43.1 Å².